The third kappa shape index (κ3) is 3.88. The molecule has 2 amide bonds. The molecule has 1 aromatic carbocycles. The fourth-order valence-corrected chi connectivity index (χ4v) is 4.07. The SMILES string of the molecule is CC(C)(C)C(=O)C1(N2C(=O)C=CC2=O)CN(CCCCc2ccccc2)C1. The van der Waals surface area contributed by atoms with Gasteiger partial charge >= 0.3 is 0 Å². The van der Waals surface area contributed by atoms with Crippen LogP contribution < -0.4 is 0 Å². The van der Waals surface area contributed by atoms with Gasteiger partial charge in [0.2, 0.25) is 0 Å². The lowest BCUT2D eigenvalue weighted by atomic mass is 9.72. The number of carbonyl (C=O) groups excluding carboxylic acids is 3. The summed E-state index contributed by atoms with van der Waals surface area (Å²) in [5.74, 6) is -0.788. The van der Waals surface area contributed by atoms with Crippen LogP contribution in [0.15, 0.2) is 42.5 Å². The van der Waals surface area contributed by atoms with E-state index in [0.717, 1.165) is 25.8 Å². The molecule has 0 atom stereocenters. The normalized spacial score (nSPS) is 19.4. The zero-order chi connectivity index (χ0) is 19.7. The largest absolute Gasteiger partial charge is 0.298 e. The summed E-state index contributed by atoms with van der Waals surface area (Å²) in [6, 6.07) is 10.4. The van der Waals surface area contributed by atoms with Crippen molar-refractivity contribution < 1.29 is 14.4 Å². The molecule has 2 aliphatic rings. The van der Waals surface area contributed by atoms with Crippen LogP contribution in [-0.2, 0) is 20.8 Å². The first-order chi connectivity index (χ1) is 12.7. The number of nitrogens with zero attached hydrogens (tertiary/aromatic N) is 2. The van der Waals surface area contributed by atoms with E-state index < -0.39 is 11.0 Å². The van der Waals surface area contributed by atoms with Crippen molar-refractivity contribution in [1.29, 1.82) is 0 Å². The number of likely N-dealkylation sites (tertiary alicyclic amines) is 1. The molecule has 0 bridgehead atoms. The zero-order valence-electron chi connectivity index (χ0n) is 16.4. The van der Waals surface area contributed by atoms with E-state index in [0.29, 0.717) is 13.1 Å². The molecular weight excluding hydrogens is 340 g/mol. The topological polar surface area (TPSA) is 57.7 Å². The Hall–Kier alpha value is -2.27. The molecule has 1 saturated heterocycles. The van der Waals surface area contributed by atoms with Crippen LogP contribution in [0.5, 0.6) is 0 Å². The number of carbonyl (C=O) groups is 3. The van der Waals surface area contributed by atoms with Crippen LogP contribution in [0.25, 0.3) is 0 Å². The number of hydrogen-bond acceptors (Lipinski definition) is 4. The first-order valence-electron chi connectivity index (χ1n) is 9.61. The summed E-state index contributed by atoms with van der Waals surface area (Å²) in [5.41, 5.74) is -0.296. The molecule has 0 aromatic heterocycles. The Bertz CT molecular complexity index is 738. The van der Waals surface area contributed by atoms with Gasteiger partial charge in [0.1, 0.15) is 5.54 Å². The van der Waals surface area contributed by atoms with Gasteiger partial charge in [-0.1, -0.05) is 51.1 Å². The second kappa shape index (κ2) is 7.39. The summed E-state index contributed by atoms with van der Waals surface area (Å²) in [5, 5.41) is 0. The Morgan fingerprint density at radius 1 is 1.00 bits per heavy atom. The number of imide groups is 1. The van der Waals surface area contributed by atoms with Crippen molar-refractivity contribution in [2.24, 2.45) is 5.41 Å². The predicted molar refractivity (Wildman–Crippen MR) is 104 cm³/mol. The summed E-state index contributed by atoms with van der Waals surface area (Å²) in [6.07, 6.45) is 5.66. The van der Waals surface area contributed by atoms with Gasteiger partial charge in [0, 0.05) is 30.7 Å². The second-order valence-electron chi connectivity index (χ2n) is 8.61. The molecule has 0 spiro atoms. The number of Topliss-reactive ketones (excluding diaryl/α,β-unsaturated/α-hetero) is 1. The van der Waals surface area contributed by atoms with Crippen LogP contribution in [0.2, 0.25) is 0 Å². The highest BCUT2D eigenvalue weighted by Crippen LogP contribution is 2.37. The van der Waals surface area contributed by atoms with E-state index in [4.69, 9.17) is 0 Å². The van der Waals surface area contributed by atoms with Crippen molar-refractivity contribution >= 4 is 17.6 Å². The quantitative estimate of drug-likeness (QED) is 0.548. The summed E-state index contributed by atoms with van der Waals surface area (Å²) in [7, 11) is 0. The van der Waals surface area contributed by atoms with E-state index in [-0.39, 0.29) is 17.6 Å². The van der Waals surface area contributed by atoms with Gasteiger partial charge < -0.3 is 0 Å². The van der Waals surface area contributed by atoms with Gasteiger partial charge in [0.25, 0.3) is 11.8 Å². The van der Waals surface area contributed by atoms with Gasteiger partial charge in [0.05, 0.1) is 0 Å². The Morgan fingerprint density at radius 2 is 1.59 bits per heavy atom. The number of aryl methyl sites for hydroxylation is 1. The molecule has 27 heavy (non-hydrogen) atoms. The van der Waals surface area contributed by atoms with Crippen molar-refractivity contribution in [3.8, 4) is 0 Å². The van der Waals surface area contributed by atoms with Crippen molar-refractivity contribution in [3.05, 3.63) is 48.0 Å². The number of unbranched alkanes of at least 4 members (excludes halogenated alkanes) is 1. The summed E-state index contributed by atoms with van der Waals surface area (Å²) >= 11 is 0. The molecule has 0 aliphatic carbocycles. The average Bonchev–Trinajstić information content (AvgIpc) is 2.92. The monoisotopic (exact) mass is 368 g/mol. The number of ketones is 1. The maximum atomic E-state index is 13.1. The third-order valence-corrected chi connectivity index (χ3v) is 5.34. The molecule has 0 N–H and O–H groups in total. The summed E-state index contributed by atoms with van der Waals surface area (Å²) < 4.78 is 0. The summed E-state index contributed by atoms with van der Waals surface area (Å²) in [4.78, 5) is 40.9. The predicted octanol–water partition coefficient (Wildman–Crippen LogP) is 2.60. The molecule has 2 aliphatic heterocycles. The van der Waals surface area contributed by atoms with Crippen molar-refractivity contribution in [3.63, 3.8) is 0 Å². The van der Waals surface area contributed by atoms with Crippen molar-refractivity contribution in [2.45, 2.75) is 45.6 Å². The maximum Gasteiger partial charge on any atom is 0.254 e. The van der Waals surface area contributed by atoms with Crippen LogP contribution in [0.3, 0.4) is 0 Å². The molecule has 5 nitrogen and oxygen atoms in total. The smallest absolute Gasteiger partial charge is 0.254 e. The fourth-order valence-electron chi connectivity index (χ4n) is 4.07. The molecule has 5 heteroatoms. The van der Waals surface area contributed by atoms with Gasteiger partial charge in [-0.3, -0.25) is 24.2 Å². The molecule has 0 radical (unpaired) electrons. The van der Waals surface area contributed by atoms with Gasteiger partial charge in [-0.25, -0.2) is 0 Å². The highest BCUT2D eigenvalue weighted by Gasteiger charge is 2.59. The van der Waals surface area contributed by atoms with E-state index in [1.807, 2.05) is 26.8 Å². The minimum atomic E-state index is -1.02. The molecule has 0 saturated carbocycles. The first kappa shape index (κ1) is 19.5. The van der Waals surface area contributed by atoms with Crippen LogP contribution >= 0.6 is 0 Å². The Morgan fingerprint density at radius 3 is 2.15 bits per heavy atom. The van der Waals surface area contributed by atoms with Crippen LogP contribution in [0, 0.1) is 5.41 Å². The van der Waals surface area contributed by atoms with Crippen molar-refractivity contribution in [2.75, 3.05) is 19.6 Å². The van der Waals surface area contributed by atoms with Crippen LogP contribution in [0.4, 0.5) is 0 Å². The molecule has 1 fully saturated rings. The minimum absolute atomic E-state index is 0.0408. The highest BCUT2D eigenvalue weighted by molar-refractivity contribution is 6.17. The number of hydrogen-bond donors (Lipinski definition) is 0. The number of amides is 2. The van der Waals surface area contributed by atoms with Crippen LogP contribution in [0.1, 0.15) is 39.2 Å². The second-order valence-corrected chi connectivity index (χ2v) is 8.61. The highest BCUT2D eigenvalue weighted by atomic mass is 16.2. The third-order valence-electron chi connectivity index (χ3n) is 5.34. The molecule has 144 valence electrons. The lowest BCUT2D eigenvalue weighted by molar-refractivity contribution is -0.166. The van der Waals surface area contributed by atoms with E-state index in [2.05, 4.69) is 29.2 Å². The Labute approximate surface area is 161 Å². The van der Waals surface area contributed by atoms with E-state index in [1.54, 1.807) is 0 Å². The lowest BCUT2D eigenvalue weighted by Gasteiger charge is -2.54. The van der Waals surface area contributed by atoms with Gasteiger partial charge in [-0.2, -0.15) is 0 Å². The first-order valence-corrected chi connectivity index (χ1v) is 9.61. The number of benzene rings is 1. The molecule has 2 heterocycles. The van der Waals surface area contributed by atoms with Gasteiger partial charge in [-0.05, 0) is 31.4 Å². The zero-order valence-corrected chi connectivity index (χ0v) is 16.4. The van der Waals surface area contributed by atoms with E-state index in [9.17, 15) is 14.4 Å². The van der Waals surface area contributed by atoms with E-state index in [1.165, 1.54) is 22.6 Å². The van der Waals surface area contributed by atoms with Gasteiger partial charge in [-0.15, -0.1) is 0 Å². The molecular formula is C22H28N2O3. The fraction of sp³-hybridized carbons (Fsp3) is 0.500. The number of rotatable bonds is 7. The van der Waals surface area contributed by atoms with Gasteiger partial charge in [0.15, 0.2) is 5.78 Å². The molecule has 0 unspecified atom stereocenters. The van der Waals surface area contributed by atoms with Crippen LogP contribution in [-0.4, -0.2) is 52.6 Å². The lowest BCUT2D eigenvalue weighted by Crippen LogP contribution is -2.76. The van der Waals surface area contributed by atoms with E-state index >= 15 is 0 Å². The van der Waals surface area contributed by atoms with Crippen molar-refractivity contribution in [1.82, 2.24) is 9.80 Å². The standard InChI is InChI=1S/C22H28N2O3/c1-21(2,3)20(27)22(24-18(25)12-13-19(24)26)15-23(16-22)14-8-7-11-17-9-5-4-6-10-17/h4-6,9-10,12-13H,7-8,11,14-16H2,1-3H3. The Balaban J connectivity index is 1.59. The maximum absolute atomic E-state index is 13.1. The molecule has 1 aromatic rings. The average molecular weight is 368 g/mol. The molecule has 3 rings (SSSR count). The minimum Gasteiger partial charge on any atom is -0.298 e. The summed E-state index contributed by atoms with van der Waals surface area (Å²) in [6.45, 7) is 7.28. The Kier molecular flexibility index (Phi) is 5.33.